The molecule has 0 amide bonds. The van der Waals surface area contributed by atoms with Crippen LogP contribution in [0.4, 0.5) is 8.78 Å². The largest absolute Gasteiger partial charge is 0.378 e. The first kappa shape index (κ1) is 25.9. The Morgan fingerprint density at radius 1 is 1.06 bits per heavy atom. The summed E-state index contributed by atoms with van der Waals surface area (Å²) in [6.45, 7) is 6.48. The summed E-state index contributed by atoms with van der Waals surface area (Å²) in [4.78, 5) is 2.04. The first-order valence-electron chi connectivity index (χ1n) is 11.1. The number of sulfonamides is 1. The lowest BCUT2D eigenvalue weighted by Gasteiger charge is -2.34. The fraction of sp³-hybridized carbons (Fsp3) is 0.652. The highest BCUT2D eigenvalue weighted by atomic mass is 32.2. The molecule has 0 aromatic heterocycles. The molecule has 1 aromatic carbocycles. The summed E-state index contributed by atoms with van der Waals surface area (Å²) in [6, 6.07) is 2.54. The van der Waals surface area contributed by atoms with Crippen LogP contribution in [0.5, 0.6) is 0 Å². The lowest BCUT2D eigenvalue weighted by atomic mass is 9.93. The maximum atomic E-state index is 13.5. The van der Waals surface area contributed by atoms with Crippen LogP contribution in [0.3, 0.4) is 0 Å². The molecular formula is C23H36F2N2O3S. The third-order valence-electron chi connectivity index (χ3n) is 5.95. The van der Waals surface area contributed by atoms with Gasteiger partial charge >= 0.3 is 0 Å². The van der Waals surface area contributed by atoms with Gasteiger partial charge in [-0.25, -0.2) is 17.2 Å². The highest BCUT2D eigenvalue weighted by Gasteiger charge is 2.32. The van der Waals surface area contributed by atoms with Crippen molar-refractivity contribution in [1.29, 1.82) is 0 Å². The molecule has 1 aliphatic carbocycles. The minimum Gasteiger partial charge on any atom is -0.378 e. The van der Waals surface area contributed by atoms with E-state index in [9.17, 15) is 17.2 Å². The predicted octanol–water partition coefficient (Wildman–Crippen LogP) is 4.59. The molecule has 176 valence electrons. The summed E-state index contributed by atoms with van der Waals surface area (Å²) in [6.07, 6.45) is 9.61. The first-order valence-corrected chi connectivity index (χ1v) is 12.5. The molecule has 0 saturated heterocycles. The molecule has 1 saturated carbocycles. The Kier molecular flexibility index (Phi) is 10.6. The Morgan fingerprint density at radius 2 is 1.74 bits per heavy atom. The molecule has 0 spiro atoms. The minimum absolute atomic E-state index is 0.161. The number of ether oxygens (including phenoxy) is 1. The molecule has 1 aliphatic rings. The van der Waals surface area contributed by atoms with Gasteiger partial charge in [0.1, 0.15) is 0 Å². The molecule has 0 aliphatic heterocycles. The lowest BCUT2D eigenvalue weighted by Crippen LogP contribution is -2.40. The summed E-state index contributed by atoms with van der Waals surface area (Å²) >= 11 is 0. The number of benzene rings is 1. The van der Waals surface area contributed by atoms with Gasteiger partial charge in [-0.2, -0.15) is 4.31 Å². The summed E-state index contributed by atoms with van der Waals surface area (Å²) in [5, 5.41) is 0. The van der Waals surface area contributed by atoms with Crippen molar-refractivity contribution in [2.75, 3.05) is 33.8 Å². The van der Waals surface area contributed by atoms with Crippen LogP contribution in [-0.2, 0) is 14.8 Å². The molecule has 1 fully saturated rings. The quantitative estimate of drug-likeness (QED) is 0.320. The second kappa shape index (κ2) is 12.6. The van der Waals surface area contributed by atoms with Crippen LogP contribution in [0, 0.1) is 11.6 Å². The van der Waals surface area contributed by atoms with Crippen LogP contribution in [0.25, 0.3) is 0 Å². The van der Waals surface area contributed by atoms with Gasteiger partial charge in [0, 0.05) is 26.2 Å². The molecule has 5 nitrogen and oxygen atoms in total. The van der Waals surface area contributed by atoms with E-state index in [1.165, 1.54) is 24.2 Å². The van der Waals surface area contributed by atoms with Gasteiger partial charge in [-0.1, -0.05) is 18.9 Å². The predicted molar refractivity (Wildman–Crippen MR) is 119 cm³/mol. The number of rotatable bonds is 13. The standard InChI is InChI=1S/C23H36F2N2O3S/c1-4-15-26(2)16-7-5-6-8-17-30-20-11-9-19(10-12-20)27(3)31(28,29)21-13-14-22(24)23(25)18-21/h4,13-14,18-20H,1,5-12,15-17H2,2-3H3. The Balaban J connectivity index is 1.67. The molecular weight excluding hydrogens is 422 g/mol. The fourth-order valence-corrected chi connectivity index (χ4v) is 5.40. The third kappa shape index (κ3) is 7.93. The third-order valence-corrected chi connectivity index (χ3v) is 7.86. The van der Waals surface area contributed by atoms with E-state index in [1.807, 2.05) is 6.08 Å². The van der Waals surface area contributed by atoms with Crippen LogP contribution in [-0.4, -0.2) is 63.6 Å². The van der Waals surface area contributed by atoms with Crippen molar-refractivity contribution in [3.8, 4) is 0 Å². The maximum Gasteiger partial charge on any atom is 0.243 e. The second-order valence-corrected chi connectivity index (χ2v) is 10.4. The molecule has 2 rings (SSSR count). The molecule has 8 heteroatoms. The number of likely N-dealkylation sites (N-methyl/N-ethyl adjacent to an activating group) is 1. The van der Waals surface area contributed by atoms with Gasteiger partial charge in [-0.05, 0) is 70.3 Å². The maximum absolute atomic E-state index is 13.5. The topological polar surface area (TPSA) is 49.9 Å². The van der Waals surface area contributed by atoms with Gasteiger partial charge in [-0.15, -0.1) is 6.58 Å². The van der Waals surface area contributed by atoms with E-state index in [-0.39, 0.29) is 17.0 Å². The Hall–Kier alpha value is -1.35. The molecule has 0 N–H and O–H groups in total. The van der Waals surface area contributed by atoms with Gasteiger partial charge in [0.05, 0.1) is 11.0 Å². The first-order chi connectivity index (χ1) is 14.8. The average molecular weight is 459 g/mol. The van der Waals surface area contributed by atoms with E-state index < -0.39 is 21.7 Å². The van der Waals surface area contributed by atoms with E-state index >= 15 is 0 Å². The van der Waals surface area contributed by atoms with E-state index in [4.69, 9.17) is 4.74 Å². The van der Waals surface area contributed by atoms with Crippen LogP contribution in [0.2, 0.25) is 0 Å². The summed E-state index contributed by atoms with van der Waals surface area (Å²) < 4.78 is 59.4. The van der Waals surface area contributed by atoms with Gasteiger partial charge < -0.3 is 9.64 Å². The average Bonchev–Trinajstić information content (AvgIpc) is 2.75. The summed E-state index contributed by atoms with van der Waals surface area (Å²) in [7, 11) is -0.250. The van der Waals surface area contributed by atoms with Crippen LogP contribution in [0.15, 0.2) is 35.7 Å². The fourth-order valence-electron chi connectivity index (χ4n) is 3.97. The number of halogens is 2. The molecule has 31 heavy (non-hydrogen) atoms. The van der Waals surface area contributed by atoms with Gasteiger partial charge in [0.25, 0.3) is 0 Å². The second-order valence-electron chi connectivity index (χ2n) is 8.36. The molecule has 1 aromatic rings. The van der Waals surface area contributed by atoms with Crippen molar-refractivity contribution >= 4 is 10.0 Å². The van der Waals surface area contributed by atoms with Crippen molar-refractivity contribution in [3.05, 3.63) is 42.5 Å². The monoisotopic (exact) mass is 458 g/mol. The van der Waals surface area contributed by atoms with Crippen molar-refractivity contribution in [1.82, 2.24) is 9.21 Å². The van der Waals surface area contributed by atoms with E-state index in [0.29, 0.717) is 12.8 Å². The van der Waals surface area contributed by atoms with Crippen molar-refractivity contribution < 1.29 is 21.9 Å². The van der Waals surface area contributed by atoms with Gasteiger partial charge in [-0.3, -0.25) is 0 Å². The lowest BCUT2D eigenvalue weighted by molar-refractivity contribution is 0.0156. The normalized spacial score (nSPS) is 19.8. The Morgan fingerprint density at radius 3 is 2.39 bits per heavy atom. The number of hydrogen-bond acceptors (Lipinski definition) is 4. The SMILES string of the molecule is C=CCN(C)CCCCCCOC1CCC(N(C)S(=O)(=O)c2ccc(F)c(F)c2)CC1. The van der Waals surface area contributed by atoms with Crippen molar-refractivity contribution in [3.63, 3.8) is 0 Å². The number of hydrogen-bond donors (Lipinski definition) is 0. The zero-order valence-electron chi connectivity index (χ0n) is 18.7. The molecule has 0 unspecified atom stereocenters. The number of unbranched alkanes of at least 4 members (excludes halogenated alkanes) is 3. The van der Waals surface area contributed by atoms with E-state index in [1.54, 1.807) is 0 Å². The molecule has 0 radical (unpaired) electrons. The van der Waals surface area contributed by atoms with Gasteiger partial charge in [0.2, 0.25) is 10.0 Å². The zero-order valence-corrected chi connectivity index (χ0v) is 19.5. The summed E-state index contributed by atoms with van der Waals surface area (Å²) in [5.41, 5.74) is 0. The summed E-state index contributed by atoms with van der Waals surface area (Å²) in [5.74, 6) is -2.21. The van der Waals surface area contributed by atoms with Crippen molar-refractivity contribution in [2.45, 2.75) is 68.4 Å². The van der Waals surface area contributed by atoms with Crippen LogP contribution < -0.4 is 0 Å². The zero-order chi connectivity index (χ0) is 22.9. The Bertz CT molecular complexity index is 796. The van der Waals surface area contributed by atoms with Crippen LogP contribution >= 0.6 is 0 Å². The highest BCUT2D eigenvalue weighted by Crippen LogP contribution is 2.28. The van der Waals surface area contributed by atoms with Crippen LogP contribution in [0.1, 0.15) is 51.4 Å². The molecule has 0 bridgehead atoms. The minimum atomic E-state index is -3.86. The molecule has 0 atom stereocenters. The molecule has 0 heterocycles. The highest BCUT2D eigenvalue weighted by molar-refractivity contribution is 7.89. The van der Waals surface area contributed by atoms with Gasteiger partial charge in [0.15, 0.2) is 11.6 Å². The van der Waals surface area contributed by atoms with E-state index in [0.717, 1.165) is 63.6 Å². The number of nitrogens with zero attached hydrogens (tertiary/aromatic N) is 2. The smallest absolute Gasteiger partial charge is 0.243 e. The van der Waals surface area contributed by atoms with E-state index in [2.05, 4.69) is 18.5 Å². The Labute approximate surface area is 186 Å². The van der Waals surface area contributed by atoms with Crippen molar-refractivity contribution in [2.24, 2.45) is 0 Å².